The van der Waals surface area contributed by atoms with Crippen molar-refractivity contribution in [1.29, 1.82) is 0 Å². The zero-order chi connectivity index (χ0) is 16.2. The maximum Gasteiger partial charge on any atom is 0.451 e. The van der Waals surface area contributed by atoms with Gasteiger partial charge >= 0.3 is 6.18 Å². The van der Waals surface area contributed by atoms with Gasteiger partial charge in [0.1, 0.15) is 0 Å². The molecule has 0 spiro atoms. The lowest BCUT2D eigenvalue weighted by Crippen LogP contribution is -2.22. The number of anilines is 1. The first kappa shape index (κ1) is 16.0. The normalized spacial score (nSPS) is 12.9. The van der Waals surface area contributed by atoms with E-state index in [1.54, 1.807) is 29.4 Å². The molecule has 1 amide bonds. The molecule has 1 heterocycles. The topological polar surface area (TPSA) is 70.7 Å². The van der Waals surface area contributed by atoms with Crippen LogP contribution in [-0.4, -0.2) is 21.1 Å². The molecule has 2 N–H and O–H groups in total. The SMILES string of the molecule is CCCC(C(=O)Nc1n[nH]c(C(F)(F)F)n1)c1ccccc1. The molecule has 1 aromatic heterocycles. The number of halogens is 3. The summed E-state index contributed by atoms with van der Waals surface area (Å²) in [5.41, 5.74) is 0.799. The third-order valence-electron chi connectivity index (χ3n) is 3.08. The quantitative estimate of drug-likeness (QED) is 0.889. The van der Waals surface area contributed by atoms with E-state index >= 15 is 0 Å². The summed E-state index contributed by atoms with van der Waals surface area (Å²) in [5, 5.41) is 7.46. The summed E-state index contributed by atoms with van der Waals surface area (Å²) in [6.45, 7) is 1.93. The van der Waals surface area contributed by atoms with Crippen LogP contribution in [0.2, 0.25) is 0 Å². The minimum atomic E-state index is -4.63. The van der Waals surface area contributed by atoms with Crippen LogP contribution in [0.1, 0.15) is 37.1 Å². The molecule has 1 aromatic carbocycles. The molecule has 22 heavy (non-hydrogen) atoms. The highest BCUT2D eigenvalue weighted by Gasteiger charge is 2.35. The number of hydrogen-bond acceptors (Lipinski definition) is 3. The van der Waals surface area contributed by atoms with Gasteiger partial charge in [-0.25, -0.2) is 0 Å². The molecule has 0 aliphatic heterocycles. The Morgan fingerprint density at radius 3 is 2.55 bits per heavy atom. The molecular weight excluding hydrogens is 297 g/mol. The number of nitrogens with one attached hydrogen (secondary N) is 2. The van der Waals surface area contributed by atoms with Crippen LogP contribution in [-0.2, 0) is 11.0 Å². The number of aromatic nitrogens is 3. The van der Waals surface area contributed by atoms with Crippen molar-refractivity contribution in [2.75, 3.05) is 5.32 Å². The fourth-order valence-corrected chi connectivity index (χ4v) is 2.06. The lowest BCUT2D eigenvalue weighted by molar-refractivity contribution is -0.144. The van der Waals surface area contributed by atoms with Crippen molar-refractivity contribution < 1.29 is 18.0 Å². The Bertz CT molecular complexity index is 625. The summed E-state index contributed by atoms with van der Waals surface area (Å²) in [4.78, 5) is 15.5. The van der Waals surface area contributed by atoms with Crippen LogP contribution < -0.4 is 5.32 Å². The number of aromatic amines is 1. The first-order valence-corrected chi connectivity index (χ1v) is 6.77. The van der Waals surface area contributed by atoms with E-state index in [-0.39, 0.29) is 5.95 Å². The van der Waals surface area contributed by atoms with Gasteiger partial charge in [0.15, 0.2) is 0 Å². The molecule has 2 rings (SSSR count). The van der Waals surface area contributed by atoms with Gasteiger partial charge in [0.05, 0.1) is 5.92 Å². The molecule has 2 aromatic rings. The summed E-state index contributed by atoms with van der Waals surface area (Å²) in [7, 11) is 0. The highest BCUT2D eigenvalue weighted by molar-refractivity contribution is 5.94. The molecule has 8 heteroatoms. The Morgan fingerprint density at radius 2 is 2.00 bits per heavy atom. The Labute approximate surface area is 125 Å². The minimum absolute atomic E-state index is 0.380. The second-order valence-corrected chi connectivity index (χ2v) is 4.75. The highest BCUT2D eigenvalue weighted by atomic mass is 19.4. The zero-order valence-corrected chi connectivity index (χ0v) is 11.8. The lowest BCUT2D eigenvalue weighted by Gasteiger charge is -2.15. The van der Waals surface area contributed by atoms with Gasteiger partial charge < -0.3 is 0 Å². The van der Waals surface area contributed by atoms with Gasteiger partial charge in [0, 0.05) is 0 Å². The molecule has 5 nitrogen and oxygen atoms in total. The number of H-pyrrole nitrogens is 1. The largest absolute Gasteiger partial charge is 0.451 e. The Kier molecular flexibility index (Phi) is 4.79. The van der Waals surface area contributed by atoms with Gasteiger partial charge in [-0.1, -0.05) is 43.7 Å². The molecule has 0 bridgehead atoms. The fourth-order valence-electron chi connectivity index (χ4n) is 2.06. The van der Waals surface area contributed by atoms with E-state index in [9.17, 15) is 18.0 Å². The molecule has 0 aliphatic carbocycles. The molecule has 118 valence electrons. The summed E-state index contributed by atoms with van der Waals surface area (Å²) < 4.78 is 37.3. The van der Waals surface area contributed by atoms with Crippen LogP contribution >= 0.6 is 0 Å². The maximum atomic E-state index is 12.4. The minimum Gasteiger partial charge on any atom is -0.293 e. The average molecular weight is 312 g/mol. The predicted molar refractivity (Wildman–Crippen MR) is 74.1 cm³/mol. The standard InChI is InChI=1S/C14H15F3N4O/c1-2-6-10(9-7-4-3-5-8-9)11(22)18-13-19-12(20-21-13)14(15,16)17/h3-5,7-8,10H,2,6H2,1H3,(H2,18,19,20,21,22). The number of hydrogen-bond donors (Lipinski definition) is 2. The molecule has 0 fully saturated rings. The van der Waals surface area contributed by atoms with Gasteiger partial charge in [-0.15, -0.1) is 5.10 Å². The van der Waals surface area contributed by atoms with Crippen molar-refractivity contribution in [3.63, 3.8) is 0 Å². The van der Waals surface area contributed by atoms with Gasteiger partial charge in [-0.05, 0) is 12.0 Å². The highest BCUT2D eigenvalue weighted by Crippen LogP contribution is 2.27. The van der Waals surface area contributed by atoms with E-state index in [0.29, 0.717) is 6.42 Å². The van der Waals surface area contributed by atoms with Gasteiger partial charge in [0.2, 0.25) is 17.7 Å². The molecule has 1 atom stereocenters. The Hall–Kier alpha value is -2.38. The van der Waals surface area contributed by atoms with Crippen molar-refractivity contribution in [3.8, 4) is 0 Å². The predicted octanol–water partition coefficient (Wildman–Crippen LogP) is 3.35. The molecule has 0 saturated heterocycles. The summed E-state index contributed by atoms with van der Waals surface area (Å²) >= 11 is 0. The van der Waals surface area contributed by atoms with Crippen LogP contribution in [0.15, 0.2) is 30.3 Å². The van der Waals surface area contributed by atoms with Gasteiger partial charge in [-0.3, -0.25) is 15.2 Å². The summed E-state index contributed by atoms with van der Waals surface area (Å²) in [6.07, 6.45) is -3.29. The molecule has 0 aliphatic rings. The first-order valence-electron chi connectivity index (χ1n) is 6.77. The average Bonchev–Trinajstić information content (AvgIpc) is 2.94. The van der Waals surface area contributed by atoms with Crippen molar-refractivity contribution in [1.82, 2.24) is 15.2 Å². The number of benzene rings is 1. The van der Waals surface area contributed by atoms with E-state index < -0.39 is 23.8 Å². The first-order chi connectivity index (χ1) is 10.4. The number of nitrogens with zero attached hydrogens (tertiary/aromatic N) is 2. The van der Waals surface area contributed by atoms with Crippen LogP contribution in [0.5, 0.6) is 0 Å². The van der Waals surface area contributed by atoms with Crippen LogP contribution in [0.3, 0.4) is 0 Å². The van der Waals surface area contributed by atoms with E-state index in [0.717, 1.165) is 12.0 Å². The fraction of sp³-hybridized carbons (Fsp3) is 0.357. The van der Waals surface area contributed by atoms with E-state index in [1.165, 1.54) is 0 Å². The van der Waals surface area contributed by atoms with Crippen LogP contribution in [0.4, 0.5) is 19.1 Å². The Balaban J connectivity index is 2.13. The van der Waals surface area contributed by atoms with E-state index in [1.807, 2.05) is 13.0 Å². The number of amides is 1. The molecule has 1 unspecified atom stereocenters. The number of carbonyl (C=O) groups excluding carboxylic acids is 1. The zero-order valence-electron chi connectivity index (χ0n) is 11.8. The lowest BCUT2D eigenvalue weighted by atomic mass is 9.94. The number of rotatable bonds is 5. The maximum absolute atomic E-state index is 12.4. The summed E-state index contributed by atoms with van der Waals surface area (Å²) in [6, 6.07) is 9.05. The van der Waals surface area contributed by atoms with Crippen LogP contribution in [0, 0.1) is 0 Å². The molecule has 0 saturated carbocycles. The third-order valence-corrected chi connectivity index (χ3v) is 3.08. The van der Waals surface area contributed by atoms with Crippen molar-refractivity contribution in [3.05, 3.63) is 41.7 Å². The van der Waals surface area contributed by atoms with Crippen molar-refractivity contribution in [2.24, 2.45) is 0 Å². The third kappa shape index (κ3) is 3.84. The van der Waals surface area contributed by atoms with Gasteiger partial charge in [-0.2, -0.15) is 18.2 Å². The van der Waals surface area contributed by atoms with E-state index in [4.69, 9.17) is 0 Å². The molecule has 0 radical (unpaired) electrons. The second-order valence-electron chi connectivity index (χ2n) is 4.75. The Morgan fingerprint density at radius 1 is 1.32 bits per heavy atom. The second kappa shape index (κ2) is 6.59. The number of carbonyl (C=O) groups is 1. The number of alkyl halides is 3. The monoisotopic (exact) mass is 312 g/mol. The molecular formula is C14H15F3N4O. The van der Waals surface area contributed by atoms with Crippen LogP contribution in [0.25, 0.3) is 0 Å². The van der Waals surface area contributed by atoms with Gasteiger partial charge in [0.25, 0.3) is 0 Å². The summed E-state index contributed by atoms with van der Waals surface area (Å²) in [5.74, 6) is -2.51. The van der Waals surface area contributed by atoms with Crippen molar-refractivity contribution in [2.45, 2.75) is 31.9 Å². The van der Waals surface area contributed by atoms with E-state index in [2.05, 4.69) is 15.4 Å². The van der Waals surface area contributed by atoms with Crippen molar-refractivity contribution >= 4 is 11.9 Å². The smallest absolute Gasteiger partial charge is 0.293 e.